The number of rotatable bonds is 4. The normalized spacial score (nSPS) is 24.7. The number of amides is 2. The van der Waals surface area contributed by atoms with Crippen LogP contribution in [0.2, 0.25) is 0 Å². The van der Waals surface area contributed by atoms with Crippen molar-refractivity contribution in [1.29, 1.82) is 0 Å². The van der Waals surface area contributed by atoms with Gasteiger partial charge in [0, 0.05) is 30.0 Å². The van der Waals surface area contributed by atoms with E-state index >= 15 is 0 Å². The SMILES string of the molecule is O=C(CC1CC1)N1CC(=O)N2[C@@H](CO)[C@@H](c3ccc(C#Cc4ccccc4)cc3)[C@@H]2C1. The third kappa shape index (κ3) is 3.96. The van der Waals surface area contributed by atoms with Crippen molar-refractivity contribution >= 4 is 11.8 Å². The van der Waals surface area contributed by atoms with Gasteiger partial charge >= 0.3 is 0 Å². The Bertz CT molecular complexity index is 1030. The van der Waals surface area contributed by atoms with Gasteiger partial charge in [-0.2, -0.15) is 0 Å². The highest BCUT2D eigenvalue weighted by atomic mass is 16.3. The number of aliphatic hydroxyl groups is 1. The van der Waals surface area contributed by atoms with Crippen LogP contribution in [0.3, 0.4) is 0 Å². The van der Waals surface area contributed by atoms with Crippen molar-refractivity contribution in [1.82, 2.24) is 9.80 Å². The second-order valence-corrected chi connectivity index (χ2v) is 8.80. The van der Waals surface area contributed by atoms with Gasteiger partial charge in [-0.1, -0.05) is 42.2 Å². The number of aliphatic hydroxyl groups excluding tert-OH is 1. The Labute approximate surface area is 182 Å². The van der Waals surface area contributed by atoms with Crippen LogP contribution in [0.5, 0.6) is 0 Å². The van der Waals surface area contributed by atoms with Gasteiger partial charge in [0.05, 0.1) is 25.2 Å². The molecule has 2 aromatic rings. The van der Waals surface area contributed by atoms with Gasteiger partial charge in [-0.3, -0.25) is 9.59 Å². The summed E-state index contributed by atoms with van der Waals surface area (Å²) in [6.45, 7) is 0.617. The number of piperazine rings is 1. The van der Waals surface area contributed by atoms with Gasteiger partial charge in [0.25, 0.3) is 0 Å². The maximum atomic E-state index is 12.7. The lowest BCUT2D eigenvalue weighted by Gasteiger charge is -2.58. The molecule has 3 atom stereocenters. The highest BCUT2D eigenvalue weighted by Crippen LogP contribution is 2.43. The summed E-state index contributed by atoms with van der Waals surface area (Å²) in [5.41, 5.74) is 2.97. The molecule has 0 spiro atoms. The molecule has 0 bridgehead atoms. The van der Waals surface area contributed by atoms with E-state index in [2.05, 4.69) is 11.8 Å². The van der Waals surface area contributed by atoms with Crippen LogP contribution in [0.1, 0.15) is 41.9 Å². The number of fused-ring (bicyclic) bond motifs is 1. The van der Waals surface area contributed by atoms with Crippen LogP contribution < -0.4 is 0 Å². The average molecular weight is 415 g/mol. The largest absolute Gasteiger partial charge is 0.394 e. The van der Waals surface area contributed by atoms with Gasteiger partial charge < -0.3 is 14.9 Å². The van der Waals surface area contributed by atoms with Gasteiger partial charge in [0.15, 0.2) is 0 Å². The topological polar surface area (TPSA) is 60.9 Å². The molecule has 2 saturated heterocycles. The quantitative estimate of drug-likeness (QED) is 0.782. The fraction of sp³-hybridized carbons (Fsp3) is 0.385. The summed E-state index contributed by atoms with van der Waals surface area (Å²) >= 11 is 0. The minimum Gasteiger partial charge on any atom is -0.394 e. The standard InChI is InChI=1S/C26H26N2O3/c29-17-23-26(21-12-10-19(11-13-21)7-6-18-4-2-1-3-5-18)22-15-27(16-25(31)28(22)23)24(30)14-20-8-9-20/h1-5,10-13,20,22-23,26,29H,8-9,14-17H2/t22-,23-,26-/m0/s1. The Balaban J connectivity index is 1.32. The van der Waals surface area contributed by atoms with Gasteiger partial charge in [0.2, 0.25) is 11.8 Å². The zero-order valence-electron chi connectivity index (χ0n) is 17.4. The predicted octanol–water partition coefficient (Wildman–Crippen LogP) is 2.38. The molecule has 0 unspecified atom stereocenters. The first-order valence-electron chi connectivity index (χ1n) is 11.0. The van der Waals surface area contributed by atoms with E-state index < -0.39 is 0 Å². The van der Waals surface area contributed by atoms with Crippen LogP contribution in [-0.2, 0) is 9.59 Å². The van der Waals surface area contributed by atoms with E-state index in [0.29, 0.717) is 18.9 Å². The van der Waals surface area contributed by atoms with Crippen LogP contribution in [0.15, 0.2) is 54.6 Å². The van der Waals surface area contributed by atoms with Crippen molar-refractivity contribution in [2.24, 2.45) is 5.92 Å². The smallest absolute Gasteiger partial charge is 0.242 e. The van der Waals surface area contributed by atoms with E-state index in [1.807, 2.05) is 54.6 Å². The first-order chi connectivity index (χ1) is 15.1. The van der Waals surface area contributed by atoms with Crippen LogP contribution in [0.4, 0.5) is 0 Å². The maximum Gasteiger partial charge on any atom is 0.242 e. The van der Waals surface area contributed by atoms with Crippen LogP contribution in [-0.4, -0.2) is 58.5 Å². The molecular weight excluding hydrogens is 388 g/mol. The fourth-order valence-electron chi connectivity index (χ4n) is 4.84. The third-order valence-electron chi connectivity index (χ3n) is 6.69. The average Bonchev–Trinajstić information content (AvgIpc) is 3.59. The molecular formula is C26H26N2O3. The molecule has 0 radical (unpaired) electrons. The molecule has 3 aliphatic rings. The lowest BCUT2D eigenvalue weighted by Crippen LogP contribution is -2.73. The summed E-state index contributed by atoms with van der Waals surface area (Å²) in [7, 11) is 0. The van der Waals surface area contributed by atoms with Gasteiger partial charge in [0.1, 0.15) is 0 Å². The Morgan fingerprint density at radius 3 is 2.32 bits per heavy atom. The van der Waals surface area contributed by atoms with Crippen molar-refractivity contribution in [2.45, 2.75) is 37.3 Å². The minimum atomic E-state index is -0.223. The second kappa shape index (κ2) is 8.20. The monoisotopic (exact) mass is 414 g/mol. The molecule has 2 aliphatic heterocycles. The lowest BCUT2D eigenvalue weighted by atomic mass is 9.73. The number of hydrogen-bond donors (Lipinski definition) is 1. The van der Waals surface area contributed by atoms with E-state index in [4.69, 9.17) is 0 Å². The first kappa shape index (κ1) is 19.8. The molecule has 5 nitrogen and oxygen atoms in total. The minimum absolute atomic E-state index is 0.0293. The third-order valence-corrected chi connectivity index (χ3v) is 6.69. The molecule has 5 rings (SSSR count). The maximum absolute atomic E-state index is 12.7. The van der Waals surface area contributed by atoms with Gasteiger partial charge in [-0.25, -0.2) is 0 Å². The predicted molar refractivity (Wildman–Crippen MR) is 117 cm³/mol. The number of benzene rings is 2. The van der Waals surface area contributed by atoms with Crippen molar-refractivity contribution in [3.8, 4) is 11.8 Å². The van der Waals surface area contributed by atoms with E-state index in [1.54, 1.807) is 9.80 Å². The molecule has 1 saturated carbocycles. The van der Waals surface area contributed by atoms with Crippen LogP contribution >= 0.6 is 0 Å². The first-order valence-corrected chi connectivity index (χ1v) is 11.0. The summed E-state index contributed by atoms with van der Waals surface area (Å²) in [6, 6.07) is 17.6. The zero-order valence-corrected chi connectivity index (χ0v) is 17.4. The van der Waals surface area contributed by atoms with E-state index in [-0.39, 0.29) is 43.0 Å². The summed E-state index contributed by atoms with van der Waals surface area (Å²) in [5, 5.41) is 9.94. The lowest BCUT2D eigenvalue weighted by molar-refractivity contribution is -0.167. The summed E-state index contributed by atoms with van der Waals surface area (Å²) in [5.74, 6) is 6.91. The molecule has 0 aromatic heterocycles. The number of carbonyl (C=O) groups is 2. The molecule has 31 heavy (non-hydrogen) atoms. The molecule has 2 heterocycles. The molecule has 5 heteroatoms. The fourth-order valence-corrected chi connectivity index (χ4v) is 4.84. The van der Waals surface area contributed by atoms with Gasteiger partial charge in [-0.15, -0.1) is 0 Å². The highest BCUT2D eigenvalue weighted by Gasteiger charge is 2.54. The number of hydrogen-bond acceptors (Lipinski definition) is 3. The highest BCUT2D eigenvalue weighted by molar-refractivity contribution is 5.88. The van der Waals surface area contributed by atoms with Crippen LogP contribution in [0, 0.1) is 17.8 Å². The summed E-state index contributed by atoms with van der Waals surface area (Å²) in [6.07, 6.45) is 2.80. The Morgan fingerprint density at radius 2 is 1.68 bits per heavy atom. The second-order valence-electron chi connectivity index (χ2n) is 8.80. The van der Waals surface area contributed by atoms with E-state index in [9.17, 15) is 14.7 Å². The van der Waals surface area contributed by atoms with E-state index in [0.717, 1.165) is 29.5 Å². The summed E-state index contributed by atoms with van der Waals surface area (Å²) < 4.78 is 0. The Morgan fingerprint density at radius 1 is 1.00 bits per heavy atom. The van der Waals surface area contributed by atoms with Crippen molar-refractivity contribution in [3.05, 3.63) is 71.3 Å². The molecule has 1 N–H and O–H groups in total. The Kier molecular flexibility index (Phi) is 5.25. The molecule has 3 fully saturated rings. The molecule has 2 aromatic carbocycles. The zero-order chi connectivity index (χ0) is 21.4. The van der Waals surface area contributed by atoms with Crippen molar-refractivity contribution in [2.75, 3.05) is 19.7 Å². The van der Waals surface area contributed by atoms with Gasteiger partial charge in [-0.05, 0) is 48.6 Å². The molecule has 2 amide bonds. The number of nitrogens with zero attached hydrogens (tertiary/aromatic N) is 2. The van der Waals surface area contributed by atoms with Crippen molar-refractivity contribution < 1.29 is 14.7 Å². The Hall–Kier alpha value is -3.10. The summed E-state index contributed by atoms with van der Waals surface area (Å²) in [4.78, 5) is 28.8. The van der Waals surface area contributed by atoms with Crippen molar-refractivity contribution in [3.63, 3.8) is 0 Å². The van der Waals surface area contributed by atoms with Crippen LogP contribution in [0.25, 0.3) is 0 Å². The molecule has 1 aliphatic carbocycles. The number of carbonyl (C=O) groups excluding carboxylic acids is 2. The molecule has 158 valence electrons. The van der Waals surface area contributed by atoms with E-state index in [1.165, 1.54) is 0 Å².